The quantitative estimate of drug-likeness (QED) is 0.445. The van der Waals surface area contributed by atoms with Gasteiger partial charge in [-0.3, -0.25) is 9.36 Å². The summed E-state index contributed by atoms with van der Waals surface area (Å²) in [7, 11) is 1.36. The number of nitrogens with zero attached hydrogens (tertiary/aromatic N) is 1. The number of fused-ring (bicyclic) bond motifs is 1. The summed E-state index contributed by atoms with van der Waals surface area (Å²) in [5.74, 6) is -0.498. The second-order valence-electron chi connectivity index (χ2n) is 6.13. The van der Waals surface area contributed by atoms with Gasteiger partial charge in [0.15, 0.2) is 0 Å². The lowest BCUT2D eigenvalue weighted by Gasteiger charge is -2.10. The van der Waals surface area contributed by atoms with E-state index in [1.807, 2.05) is 60.7 Å². The highest BCUT2D eigenvalue weighted by atomic mass is 32.1. The monoisotopic (exact) mass is 375 g/mol. The minimum absolute atomic E-state index is 0.102. The highest BCUT2D eigenvalue weighted by molar-refractivity contribution is 7.21. The van der Waals surface area contributed by atoms with Gasteiger partial charge in [-0.2, -0.15) is 0 Å². The van der Waals surface area contributed by atoms with Crippen molar-refractivity contribution in [1.29, 1.82) is 0 Å². The van der Waals surface area contributed by atoms with Crippen LogP contribution in [-0.2, 0) is 4.74 Å². The van der Waals surface area contributed by atoms with Gasteiger partial charge in [0, 0.05) is 12.5 Å². The Morgan fingerprint density at radius 2 is 1.52 bits per heavy atom. The fourth-order valence-electron chi connectivity index (χ4n) is 3.34. The lowest BCUT2D eigenvalue weighted by atomic mass is 10.0. The molecule has 0 radical (unpaired) electrons. The predicted molar refractivity (Wildman–Crippen MR) is 108 cm³/mol. The summed E-state index contributed by atoms with van der Waals surface area (Å²) in [5, 5.41) is 0. The first-order chi connectivity index (χ1) is 13.1. The van der Waals surface area contributed by atoms with Crippen LogP contribution in [0.15, 0.2) is 66.7 Å². The molecule has 134 valence electrons. The van der Waals surface area contributed by atoms with Crippen LogP contribution in [0.25, 0.3) is 32.6 Å². The molecule has 0 spiro atoms. The topological polar surface area (TPSA) is 48.3 Å². The minimum atomic E-state index is -0.397. The van der Waals surface area contributed by atoms with Crippen LogP contribution >= 0.6 is 11.3 Å². The molecule has 4 aromatic rings. The Morgan fingerprint density at radius 1 is 0.926 bits per heavy atom. The summed E-state index contributed by atoms with van der Waals surface area (Å²) in [6.07, 6.45) is 0. The van der Waals surface area contributed by atoms with E-state index >= 15 is 0 Å². The van der Waals surface area contributed by atoms with Crippen LogP contribution in [0.3, 0.4) is 0 Å². The lowest BCUT2D eigenvalue weighted by molar-refractivity contribution is 0.0606. The highest BCUT2D eigenvalue weighted by Crippen LogP contribution is 2.44. The van der Waals surface area contributed by atoms with Gasteiger partial charge in [-0.05, 0) is 17.2 Å². The molecule has 0 aliphatic heterocycles. The van der Waals surface area contributed by atoms with Gasteiger partial charge < -0.3 is 4.74 Å². The van der Waals surface area contributed by atoms with Crippen molar-refractivity contribution in [1.82, 2.24) is 4.57 Å². The number of thiophene rings is 1. The molecule has 5 heteroatoms. The normalized spacial score (nSPS) is 10.9. The molecule has 0 unspecified atom stereocenters. The van der Waals surface area contributed by atoms with Crippen molar-refractivity contribution in [3.05, 3.63) is 71.6 Å². The SMILES string of the molecule is COC(=O)c1cc2c(s1)c(-c1ccccc1)c(-c1ccccc1)n2C(C)=O. The van der Waals surface area contributed by atoms with Crippen molar-refractivity contribution < 1.29 is 14.3 Å². The van der Waals surface area contributed by atoms with Crippen molar-refractivity contribution in [3.63, 3.8) is 0 Å². The fraction of sp³-hybridized carbons (Fsp3) is 0.0909. The van der Waals surface area contributed by atoms with Crippen molar-refractivity contribution in [3.8, 4) is 22.4 Å². The minimum Gasteiger partial charge on any atom is -0.465 e. The third-order valence-corrected chi connectivity index (χ3v) is 5.57. The van der Waals surface area contributed by atoms with E-state index in [2.05, 4.69) is 0 Å². The van der Waals surface area contributed by atoms with Gasteiger partial charge >= 0.3 is 5.97 Å². The molecule has 0 bridgehead atoms. The van der Waals surface area contributed by atoms with E-state index in [-0.39, 0.29) is 5.91 Å². The third kappa shape index (κ3) is 2.86. The Balaban J connectivity index is 2.14. The molecule has 0 N–H and O–H groups in total. The summed E-state index contributed by atoms with van der Waals surface area (Å²) in [6.45, 7) is 1.54. The summed E-state index contributed by atoms with van der Waals surface area (Å²) >= 11 is 1.35. The molecule has 0 saturated carbocycles. The van der Waals surface area contributed by atoms with E-state index in [0.29, 0.717) is 4.88 Å². The molecule has 0 amide bonds. The van der Waals surface area contributed by atoms with Crippen LogP contribution in [0.1, 0.15) is 21.4 Å². The van der Waals surface area contributed by atoms with Crippen LogP contribution in [-0.4, -0.2) is 23.6 Å². The molecule has 0 aliphatic rings. The van der Waals surface area contributed by atoms with Crippen molar-refractivity contribution in [2.24, 2.45) is 0 Å². The number of carbonyl (C=O) groups excluding carboxylic acids is 2. The largest absolute Gasteiger partial charge is 0.465 e. The maximum absolute atomic E-state index is 12.6. The average molecular weight is 375 g/mol. The number of aromatic nitrogens is 1. The smallest absolute Gasteiger partial charge is 0.348 e. The average Bonchev–Trinajstić information content (AvgIpc) is 3.25. The van der Waals surface area contributed by atoms with Gasteiger partial charge in [-0.1, -0.05) is 60.7 Å². The summed E-state index contributed by atoms with van der Waals surface area (Å²) < 4.78 is 7.46. The second-order valence-corrected chi connectivity index (χ2v) is 7.18. The van der Waals surface area contributed by atoms with Crippen LogP contribution in [0.5, 0.6) is 0 Å². The van der Waals surface area contributed by atoms with Gasteiger partial charge in [-0.15, -0.1) is 11.3 Å². The van der Waals surface area contributed by atoms with E-state index in [0.717, 1.165) is 32.6 Å². The zero-order valence-corrected chi connectivity index (χ0v) is 15.7. The molecule has 0 fully saturated rings. The summed E-state index contributed by atoms with van der Waals surface area (Å²) in [5.41, 5.74) is 4.47. The van der Waals surface area contributed by atoms with E-state index in [1.54, 1.807) is 10.6 Å². The van der Waals surface area contributed by atoms with Gasteiger partial charge in [0.1, 0.15) is 4.88 Å². The predicted octanol–water partition coefficient (Wildman–Crippen LogP) is 5.48. The zero-order valence-electron chi connectivity index (χ0n) is 14.9. The molecule has 4 nitrogen and oxygen atoms in total. The molecule has 0 atom stereocenters. The number of hydrogen-bond acceptors (Lipinski definition) is 4. The fourth-order valence-corrected chi connectivity index (χ4v) is 4.47. The van der Waals surface area contributed by atoms with Gasteiger partial charge in [-0.25, -0.2) is 4.79 Å². The first-order valence-electron chi connectivity index (χ1n) is 8.50. The second kappa shape index (κ2) is 6.85. The van der Waals surface area contributed by atoms with Crippen LogP contribution < -0.4 is 0 Å². The van der Waals surface area contributed by atoms with Gasteiger partial charge in [0.05, 0.1) is 23.0 Å². The van der Waals surface area contributed by atoms with E-state index < -0.39 is 5.97 Å². The molecular formula is C22H17NO3S. The summed E-state index contributed by atoms with van der Waals surface area (Å²) in [4.78, 5) is 25.1. The first-order valence-corrected chi connectivity index (χ1v) is 9.31. The zero-order chi connectivity index (χ0) is 19.0. The van der Waals surface area contributed by atoms with E-state index in [4.69, 9.17) is 4.74 Å². The molecular weight excluding hydrogens is 358 g/mol. The maximum Gasteiger partial charge on any atom is 0.348 e. The molecule has 2 heterocycles. The van der Waals surface area contributed by atoms with Gasteiger partial charge in [0.25, 0.3) is 0 Å². The number of esters is 1. The van der Waals surface area contributed by atoms with Crippen LogP contribution in [0.2, 0.25) is 0 Å². The molecule has 2 aromatic heterocycles. The maximum atomic E-state index is 12.6. The number of ether oxygens (including phenoxy) is 1. The standard InChI is InChI=1S/C22H17NO3S/c1-14(24)23-17-13-18(22(25)26-2)27-21(17)19(15-9-5-3-6-10-15)20(23)16-11-7-4-8-12-16/h3-13H,1-2H3. The molecule has 4 rings (SSSR count). The Labute approximate surface area is 160 Å². The third-order valence-electron chi connectivity index (χ3n) is 4.45. The van der Waals surface area contributed by atoms with E-state index in [9.17, 15) is 9.59 Å². The number of rotatable bonds is 3. The van der Waals surface area contributed by atoms with Crippen molar-refractivity contribution in [2.45, 2.75) is 6.92 Å². The molecule has 2 aromatic carbocycles. The molecule has 0 aliphatic carbocycles. The Hall–Kier alpha value is -3.18. The van der Waals surface area contributed by atoms with Crippen LogP contribution in [0.4, 0.5) is 0 Å². The number of methoxy groups -OCH3 is 1. The van der Waals surface area contributed by atoms with E-state index in [1.165, 1.54) is 25.4 Å². The Bertz CT molecular complexity index is 1140. The Morgan fingerprint density at radius 3 is 2.07 bits per heavy atom. The highest BCUT2D eigenvalue weighted by Gasteiger charge is 2.25. The van der Waals surface area contributed by atoms with Gasteiger partial charge in [0.2, 0.25) is 5.91 Å². The van der Waals surface area contributed by atoms with Crippen molar-refractivity contribution in [2.75, 3.05) is 7.11 Å². The molecule has 0 saturated heterocycles. The number of benzene rings is 2. The molecule has 27 heavy (non-hydrogen) atoms. The first kappa shape index (κ1) is 17.2. The number of carbonyl (C=O) groups is 2. The van der Waals surface area contributed by atoms with Crippen LogP contribution in [0, 0.1) is 0 Å². The lowest BCUT2D eigenvalue weighted by Crippen LogP contribution is -2.07. The van der Waals surface area contributed by atoms with Crippen molar-refractivity contribution >= 4 is 33.4 Å². The number of hydrogen-bond donors (Lipinski definition) is 0. The summed E-state index contributed by atoms with van der Waals surface area (Å²) in [6, 6.07) is 21.5. The Kier molecular flexibility index (Phi) is 4.38.